The fraction of sp³-hybridized carbons (Fsp3) is 0.235. The van der Waals surface area contributed by atoms with Crippen molar-refractivity contribution in [3.63, 3.8) is 0 Å². The van der Waals surface area contributed by atoms with Gasteiger partial charge in [-0.15, -0.1) is 15.3 Å². The number of halogens is 1. The van der Waals surface area contributed by atoms with E-state index in [1.165, 1.54) is 16.6 Å². The maximum Gasteiger partial charge on any atom is 0.396 e. The normalized spacial score (nSPS) is 10.6. The molecule has 3 rings (SSSR count). The number of aromatic nitrogens is 4. The van der Waals surface area contributed by atoms with Gasteiger partial charge in [-0.1, -0.05) is 12.1 Å². The van der Waals surface area contributed by atoms with Gasteiger partial charge in [-0.2, -0.15) is 4.52 Å². The van der Waals surface area contributed by atoms with E-state index in [2.05, 4.69) is 25.3 Å². The molecule has 1 amide bonds. The highest BCUT2D eigenvalue weighted by molar-refractivity contribution is 6.32. The maximum atomic E-state index is 13.4. The Bertz CT molecular complexity index is 975. The summed E-state index contributed by atoms with van der Waals surface area (Å²) in [5.74, 6) is -1.55. The number of benzene rings is 1. The lowest BCUT2D eigenvalue weighted by Gasteiger charge is -2.07. The molecule has 3 aromatic rings. The van der Waals surface area contributed by atoms with Crippen molar-refractivity contribution in [2.24, 2.45) is 0 Å². The number of ether oxygens (including phenoxy) is 2. The molecule has 2 heterocycles. The zero-order valence-electron chi connectivity index (χ0n) is 14.4. The van der Waals surface area contributed by atoms with Crippen LogP contribution in [0.4, 0.5) is 4.39 Å². The predicted octanol–water partition coefficient (Wildman–Crippen LogP) is 0.988. The Morgan fingerprint density at radius 3 is 2.85 bits per heavy atom. The van der Waals surface area contributed by atoms with Gasteiger partial charge >= 0.3 is 11.9 Å². The molecule has 0 unspecified atom stereocenters. The molecule has 0 fully saturated rings. The molecule has 0 bridgehead atoms. The van der Waals surface area contributed by atoms with Crippen molar-refractivity contribution in [2.75, 3.05) is 19.8 Å². The molecular weight excluding hydrogens is 357 g/mol. The van der Waals surface area contributed by atoms with Crippen molar-refractivity contribution < 1.29 is 23.5 Å². The average molecular weight is 373 g/mol. The number of carbonyl (C=O) groups is 2. The molecule has 0 atom stereocenters. The fourth-order valence-electron chi connectivity index (χ4n) is 2.25. The lowest BCUT2D eigenvalue weighted by Crippen LogP contribution is -2.35. The second-order valence-electron chi connectivity index (χ2n) is 5.30. The van der Waals surface area contributed by atoms with E-state index in [0.29, 0.717) is 17.0 Å². The summed E-state index contributed by atoms with van der Waals surface area (Å²) < 4.78 is 24.9. The maximum absolute atomic E-state index is 13.4. The number of amides is 1. The van der Waals surface area contributed by atoms with Crippen LogP contribution in [0.5, 0.6) is 5.88 Å². The number of rotatable bonds is 6. The van der Waals surface area contributed by atoms with Gasteiger partial charge in [0.15, 0.2) is 11.5 Å². The number of carbonyl (C=O) groups excluding carboxylic acids is 2. The summed E-state index contributed by atoms with van der Waals surface area (Å²) >= 11 is 0. The van der Waals surface area contributed by atoms with E-state index in [-0.39, 0.29) is 25.6 Å². The smallest absolute Gasteiger partial charge is 0.396 e. The minimum atomic E-state index is -0.943. The molecule has 0 saturated heterocycles. The van der Waals surface area contributed by atoms with Gasteiger partial charge in [0.25, 0.3) is 0 Å². The highest BCUT2D eigenvalue weighted by atomic mass is 19.1. The third kappa shape index (κ3) is 4.35. The van der Waals surface area contributed by atoms with Gasteiger partial charge < -0.3 is 14.8 Å². The van der Waals surface area contributed by atoms with Crippen molar-refractivity contribution >= 4 is 17.5 Å². The highest BCUT2D eigenvalue weighted by Gasteiger charge is 2.14. The Balaban J connectivity index is 1.65. The summed E-state index contributed by atoms with van der Waals surface area (Å²) in [7, 11) is 0. The van der Waals surface area contributed by atoms with Gasteiger partial charge in [-0.05, 0) is 25.1 Å². The monoisotopic (exact) mass is 373 g/mol. The van der Waals surface area contributed by atoms with Gasteiger partial charge in [0.05, 0.1) is 13.2 Å². The Morgan fingerprint density at radius 2 is 2.07 bits per heavy atom. The van der Waals surface area contributed by atoms with Gasteiger partial charge in [0, 0.05) is 11.6 Å². The molecule has 10 heteroatoms. The predicted molar refractivity (Wildman–Crippen MR) is 91.3 cm³/mol. The summed E-state index contributed by atoms with van der Waals surface area (Å²) in [6, 6.07) is 9.16. The summed E-state index contributed by atoms with van der Waals surface area (Å²) in [5.41, 5.74) is 0.992. The van der Waals surface area contributed by atoms with Gasteiger partial charge in [-0.25, -0.2) is 9.18 Å². The van der Waals surface area contributed by atoms with Crippen molar-refractivity contribution in [3.05, 3.63) is 42.2 Å². The molecule has 9 nitrogen and oxygen atoms in total. The number of nitrogens with zero attached hydrogens (tertiary/aromatic N) is 4. The van der Waals surface area contributed by atoms with Crippen LogP contribution < -0.4 is 10.1 Å². The van der Waals surface area contributed by atoms with Crippen LogP contribution in [0.25, 0.3) is 17.0 Å². The quantitative estimate of drug-likeness (QED) is 0.390. The first-order valence-corrected chi connectivity index (χ1v) is 8.14. The topological polar surface area (TPSA) is 108 Å². The minimum absolute atomic E-state index is 0.0844. The second-order valence-corrected chi connectivity index (χ2v) is 5.30. The van der Waals surface area contributed by atoms with Gasteiger partial charge in [-0.3, -0.25) is 4.79 Å². The van der Waals surface area contributed by atoms with E-state index >= 15 is 0 Å². The molecule has 2 aromatic heterocycles. The van der Waals surface area contributed by atoms with E-state index in [9.17, 15) is 14.0 Å². The number of esters is 1. The van der Waals surface area contributed by atoms with Crippen LogP contribution in [0.15, 0.2) is 36.4 Å². The largest absolute Gasteiger partial charge is 0.475 e. The Labute approximate surface area is 153 Å². The molecule has 1 N–H and O–H groups in total. The fourth-order valence-corrected chi connectivity index (χ4v) is 2.25. The molecule has 0 radical (unpaired) electrons. The molecule has 0 aliphatic heterocycles. The Kier molecular flexibility index (Phi) is 5.55. The number of hydrogen-bond donors (Lipinski definition) is 1. The van der Waals surface area contributed by atoms with Crippen molar-refractivity contribution in [3.8, 4) is 17.3 Å². The minimum Gasteiger partial charge on any atom is -0.475 e. The molecule has 0 saturated carbocycles. The van der Waals surface area contributed by atoms with Crippen molar-refractivity contribution in [1.29, 1.82) is 0 Å². The zero-order chi connectivity index (χ0) is 19.2. The summed E-state index contributed by atoms with van der Waals surface area (Å²) in [4.78, 5) is 22.6. The first-order valence-electron chi connectivity index (χ1n) is 8.14. The summed E-state index contributed by atoms with van der Waals surface area (Å²) in [5, 5.41) is 14.6. The van der Waals surface area contributed by atoms with Gasteiger partial charge in [0.1, 0.15) is 12.4 Å². The number of hydrogen-bond acceptors (Lipinski definition) is 7. The van der Waals surface area contributed by atoms with E-state index in [1.807, 2.05) is 0 Å². The summed E-state index contributed by atoms with van der Waals surface area (Å²) in [6.45, 7) is 1.91. The van der Waals surface area contributed by atoms with Gasteiger partial charge in [0.2, 0.25) is 5.88 Å². The van der Waals surface area contributed by atoms with Crippen LogP contribution in [-0.2, 0) is 14.3 Å². The lowest BCUT2D eigenvalue weighted by molar-refractivity contribution is -0.154. The molecule has 27 heavy (non-hydrogen) atoms. The molecular formula is C17H16FN5O4. The standard InChI is InChI=1S/C17H16FN5O4/c1-2-26-17(25)16(24)19-8-9-27-14-7-6-13-20-21-15(23(13)22-14)11-4-3-5-12(18)10-11/h3-7,10H,2,8-9H2,1H3,(H,19,24). The average Bonchev–Trinajstić information content (AvgIpc) is 3.08. The van der Waals surface area contributed by atoms with E-state index in [4.69, 9.17) is 4.74 Å². The van der Waals surface area contributed by atoms with Crippen LogP contribution in [0, 0.1) is 5.82 Å². The summed E-state index contributed by atoms with van der Waals surface area (Å²) in [6.07, 6.45) is 0. The molecule has 0 aliphatic carbocycles. The Hall–Kier alpha value is -3.56. The first kappa shape index (κ1) is 18.2. The van der Waals surface area contributed by atoms with E-state index in [1.54, 1.807) is 31.2 Å². The van der Waals surface area contributed by atoms with Crippen LogP contribution >= 0.6 is 0 Å². The van der Waals surface area contributed by atoms with Crippen LogP contribution in [0.3, 0.4) is 0 Å². The lowest BCUT2D eigenvalue weighted by atomic mass is 10.2. The SMILES string of the molecule is CCOC(=O)C(=O)NCCOc1ccc2nnc(-c3cccc(F)c3)n2n1. The van der Waals surface area contributed by atoms with E-state index < -0.39 is 17.7 Å². The van der Waals surface area contributed by atoms with E-state index in [0.717, 1.165) is 0 Å². The highest BCUT2D eigenvalue weighted by Crippen LogP contribution is 2.19. The molecule has 0 spiro atoms. The molecule has 1 aromatic carbocycles. The van der Waals surface area contributed by atoms with Crippen molar-refractivity contribution in [2.45, 2.75) is 6.92 Å². The Morgan fingerprint density at radius 1 is 1.22 bits per heavy atom. The van der Waals surface area contributed by atoms with Crippen LogP contribution in [0.2, 0.25) is 0 Å². The molecule has 0 aliphatic rings. The van der Waals surface area contributed by atoms with Crippen LogP contribution in [-0.4, -0.2) is 51.4 Å². The first-order chi connectivity index (χ1) is 13.1. The van der Waals surface area contributed by atoms with Crippen LogP contribution in [0.1, 0.15) is 6.92 Å². The second kappa shape index (κ2) is 8.21. The van der Waals surface area contributed by atoms with Crippen molar-refractivity contribution in [1.82, 2.24) is 25.1 Å². The number of nitrogens with one attached hydrogen (secondary N) is 1. The zero-order valence-corrected chi connectivity index (χ0v) is 14.4. The molecule has 140 valence electrons. The third-order valence-electron chi connectivity index (χ3n) is 3.42. The number of fused-ring (bicyclic) bond motifs is 1. The third-order valence-corrected chi connectivity index (χ3v) is 3.42.